The lowest BCUT2D eigenvalue weighted by atomic mass is 9.98. The molecule has 3 aromatic carbocycles. The van der Waals surface area contributed by atoms with Gasteiger partial charge in [-0.3, -0.25) is 10.1 Å². The number of carboxylic acid groups (broad SMARTS) is 1. The van der Waals surface area contributed by atoms with Crippen molar-refractivity contribution in [3.8, 4) is 11.1 Å². The van der Waals surface area contributed by atoms with Crippen molar-refractivity contribution in [3.05, 3.63) is 108 Å². The van der Waals surface area contributed by atoms with Gasteiger partial charge in [0, 0.05) is 17.7 Å². The average Bonchev–Trinajstić information content (AvgIpc) is 3.45. The van der Waals surface area contributed by atoms with E-state index in [2.05, 4.69) is 22.8 Å². The summed E-state index contributed by atoms with van der Waals surface area (Å²) in [5.41, 5.74) is 4.87. The minimum atomic E-state index is -1.11. The van der Waals surface area contributed by atoms with E-state index in [9.17, 15) is 14.4 Å². The minimum absolute atomic E-state index is 0.0271. The Morgan fingerprint density at radius 1 is 0.857 bits per heavy atom. The maximum absolute atomic E-state index is 12.7. The number of carbonyl (C=O) groups is 3. The number of amides is 2. The summed E-state index contributed by atoms with van der Waals surface area (Å²) in [4.78, 5) is 36.4. The summed E-state index contributed by atoms with van der Waals surface area (Å²) in [7, 11) is 0. The zero-order valence-electron chi connectivity index (χ0n) is 18.4. The fourth-order valence-electron chi connectivity index (χ4n) is 4.25. The zero-order valence-corrected chi connectivity index (χ0v) is 18.4. The number of hydrogen-bond donors (Lipinski definition) is 3. The Hall–Kier alpha value is -4.85. The molecule has 1 heterocycles. The summed E-state index contributed by atoms with van der Waals surface area (Å²) in [6.07, 6.45) is 0.539. The Morgan fingerprint density at radius 3 is 2.23 bits per heavy atom. The molecule has 0 saturated carbocycles. The van der Waals surface area contributed by atoms with E-state index in [1.54, 1.807) is 6.07 Å². The molecule has 174 valence electrons. The van der Waals surface area contributed by atoms with Crippen LogP contribution in [0.15, 0.2) is 89.5 Å². The summed E-state index contributed by atoms with van der Waals surface area (Å²) in [6, 6.07) is 23.3. The van der Waals surface area contributed by atoms with Gasteiger partial charge in [-0.2, -0.15) is 0 Å². The predicted molar refractivity (Wildman–Crippen MR) is 129 cm³/mol. The summed E-state index contributed by atoms with van der Waals surface area (Å²) in [5.74, 6) is -2.00. The van der Waals surface area contributed by atoms with Crippen LogP contribution in [0.3, 0.4) is 0 Å². The van der Waals surface area contributed by atoms with Crippen molar-refractivity contribution in [1.82, 2.24) is 0 Å². The van der Waals surface area contributed by atoms with Crippen LogP contribution in [0, 0.1) is 0 Å². The van der Waals surface area contributed by atoms with Crippen LogP contribution in [0.25, 0.3) is 11.1 Å². The summed E-state index contributed by atoms with van der Waals surface area (Å²) < 4.78 is 10.8. The second kappa shape index (κ2) is 9.18. The Morgan fingerprint density at radius 2 is 1.54 bits per heavy atom. The van der Waals surface area contributed by atoms with Gasteiger partial charge in [0.2, 0.25) is 5.76 Å². The number of furan rings is 1. The summed E-state index contributed by atoms with van der Waals surface area (Å²) >= 11 is 0. The van der Waals surface area contributed by atoms with E-state index in [0.717, 1.165) is 22.3 Å². The molecule has 0 fully saturated rings. The number of ether oxygens (including phenoxy) is 1. The van der Waals surface area contributed by atoms with Crippen molar-refractivity contribution in [3.63, 3.8) is 0 Å². The SMILES string of the molecule is O=C(Nc1ccoc1C(=O)Nc1cccc(C(=O)O)c1)OCC1c2ccccc2-c2ccccc21. The van der Waals surface area contributed by atoms with Crippen molar-refractivity contribution in [1.29, 1.82) is 0 Å². The molecule has 3 N–H and O–H groups in total. The van der Waals surface area contributed by atoms with Crippen molar-refractivity contribution in [2.45, 2.75) is 5.92 Å². The van der Waals surface area contributed by atoms with Crippen molar-refractivity contribution < 1.29 is 28.6 Å². The molecular formula is C27H20N2O6. The average molecular weight is 468 g/mol. The number of benzene rings is 3. The molecule has 8 heteroatoms. The molecule has 0 spiro atoms. The van der Waals surface area contributed by atoms with Crippen molar-refractivity contribution >= 4 is 29.3 Å². The van der Waals surface area contributed by atoms with Crippen LogP contribution in [-0.4, -0.2) is 29.7 Å². The zero-order chi connectivity index (χ0) is 24.4. The smallest absolute Gasteiger partial charge is 0.411 e. The van der Waals surface area contributed by atoms with E-state index in [1.165, 1.54) is 30.5 Å². The molecule has 5 rings (SSSR count). The molecule has 0 radical (unpaired) electrons. The number of nitrogens with one attached hydrogen (secondary N) is 2. The van der Waals surface area contributed by atoms with Gasteiger partial charge < -0.3 is 19.6 Å². The maximum atomic E-state index is 12.7. The first kappa shape index (κ1) is 22.0. The number of fused-ring (bicyclic) bond motifs is 3. The molecular weight excluding hydrogens is 448 g/mol. The molecule has 0 bridgehead atoms. The Balaban J connectivity index is 1.25. The first-order valence-electron chi connectivity index (χ1n) is 10.9. The first-order valence-corrected chi connectivity index (χ1v) is 10.9. The molecule has 2 amide bonds. The highest BCUT2D eigenvalue weighted by molar-refractivity contribution is 6.08. The predicted octanol–water partition coefficient (Wildman–Crippen LogP) is 5.59. The standard InChI is InChI=1S/C27H20N2O6/c30-25(28-17-7-5-6-16(14-17)26(31)32)24-23(12-13-34-24)29-27(33)35-15-22-20-10-3-1-8-18(20)19-9-2-4-11-21(19)22/h1-14,22H,15H2,(H,28,30)(H,29,33)(H,31,32). The molecule has 0 aliphatic heterocycles. The molecule has 8 nitrogen and oxygen atoms in total. The van der Waals surface area contributed by atoms with Crippen molar-refractivity contribution in [2.75, 3.05) is 17.2 Å². The highest BCUT2D eigenvalue weighted by Gasteiger charge is 2.29. The Bertz CT molecular complexity index is 1400. The number of anilines is 2. The monoisotopic (exact) mass is 468 g/mol. The van der Waals surface area contributed by atoms with Crippen LogP contribution in [0.4, 0.5) is 16.2 Å². The number of carboxylic acids is 1. The van der Waals surface area contributed by atoms with Crippen LogP contribution in [-0.2, 0) is 4.74 Å². The van der Waals surface area contributed by atoms with E-state index in [1.807, 2.05) is 36.4 Å². The lowest BCUT2D eigenvalue weighted by molar-refractivity contribution is 0.0696. The quantitative estimate of drug-likeness (QED) is 0.339. The van der Waals surface area contributed by atoms with E-state index >= 15 is 0 Å². The van der Waals surface area contributed by atoms with Crippen LogP contribution in [0.5, 0.6) is 0 Å². The summed E-state index contributed by atoms with van der Waals surface area (Å²) in [6.45, 7) is 0.126. The van der Waals surface area contributed by atoms with E-state index in [0.29, 0.717) is 0 Å². The molecule has 1 aromatic heterocycles. The molecule has 35 heavy (non-hydrogen) atoms. The molecule has 1 aliphatic rings. The fourth-order valence-corrected chi connectivity index (χ4v) is 4.25. The highest BCUT2D eigenvalue weighted by Crippen LogP contribution is 2.44. The van der Waals surface area contributed by atoms with Gasteiger partial charge in [-0.1, -0.05) is 54.6 Å². The van der Waals surface area contributed by atoms with Gasteiger partial charge in [0.1, 0.15) is 6.61 Å². The topological polar surface area (TPSA) is 118 Å². The second-order valence-electron chi connectivity index (χ2n) is 7.95. The highest BCUT2D eigenvalue weighted by atomic mass is 16.5. The molecule has 0 unspecified atom stereocenters. The number of carbonyl (C=O) groups excluding carboxylic acids is 2. The van der Waals surface area contributed by atoms with E-state index in [-0.39, 0.29) is 35.2 Å². The lowest BCUT2D eigenvalue weighted by Crippen LogP contribution is -2.20. The third kappa shape index (κ3) is 4.37. The second-order valence-corrected chi connectivity index (χ2v) is 7.95. The van der Waals surface area contributed by atoms with Gasteiger partial charge in [-0.05, 0) is 40.5 Å². The van der Waals surface area contributed by atoms with Gasteiger partial charge in [0.25, 0.3) is 5.91 Å². The fraction of sp³-hybridized carbons (Fsp3) is 0.0741. The molecule has 1 aliphatic carbocycles. The van der Waals surface area contributed by atoms with Crippen LogP contribution in [0.2, 0.25) is 0 Å². The van der Waals surface area contributed by atoms with Gasteiger partial charge in [0.05, 0.1) is 17.5 Å². The first-order chi connectivity index (χ1) is 17.0. The Kier molecular flexibility index (Phi) is 5.76. The Labute approximate surface area is 200 Å². The maximum Gasteiger partial charge on any atom is 0.411 e. The van der Waals surface area contributed by atoms with Gasteiger partial charge in [0.15, 0.2) is 0 Å². The van der Waals surface area contributed by atoms with Gasteiger partial charge >= 0.3 is 12.1 Å². The number of hydrogen-bond acceptors (Lipinski definition) is 5. The van der Waals surface area contributed by atoms with Crippen LogP contribution in [0.1, 0.15) is 38.0 Å². The number of rotatable bonds is 6. The molecule has 0 atom stereocenters. The van der Waals surface area contributed by atoms with E-state index < -0.39 is 18.0 Å². The minimum Gasteiger partial charge on any atom is -0.478 e. The number of aromatic carboxylic acids is 1. The molecule has 4 aromatic rings. The third-order valence-corrected chi connectivity index (χ3v) is 5.82. The third-order valence-electron chi connectivity index (χ3n) is 5.82. The van der Waals surface area contributed by atoms with Crippen LogP contribution >= 0.6 is 0 Å². The van der Waals surface area contributed by atoms with Crippen LogP contribution < -0.4 is 10.6 Å². The molecule has 0 saturated heterocycles. The van der Waals surface area contributed by atoms with Gasteiger partial charge in [-0.15, -0.1) is 0 Å². The van der Waals surface area contributed by atoms with Crippen molar-refractivity contribution in [2.24, 2.45) is 0 Å². The summed E-state index contributed by atoms with van der Waals surface area (Å²) in [5, 5.41) is 14.2. The normalized spacial score (nSPS) is 11.9. The lowest BCUT2D eigenvalue weighted by Gasteiger charge is -2.14. The van der Waals surface area contributed by atoms with E-state index in [4.69, 9.17) is 14.3 Å². The van der Waals surface area contributed by atoms with Gasteiger partial charge in [-0.25, -0.2) is 9.59 Å². The largest absolute Gasteiger partial charge is 0.478 e.